The molecule has 0 spiro atoms. The van der Waals surface area contributed by atoms with Gasteiger partial charge in [0, 0.05) is 16.7 Å². The van der Waals surface area contributed by atoms with Crippen LogP contribution in [0.3, 0.4) is 0 Å². The second kappa shape index (κ2) is 5.92. The second-order valence-corrected chi connectivity index (χ2v) is 6.15. The standard InChI is InChI=1S/C12H18ClNOS/c1-9(7-12(2,15)8-14)16-11-6-4-3-5-10(11)13/h3-6,9,15H,7-8,14H2,1-2H3. The zero-order chi connectivity index (χ0) is 12.2. The highest BCUT2D eigenvalue weighted by molar-refractivity contribution is 8.00. The van der Waals surface area contributed by atoms with E-state index in [9.17, 15) is 5.11 Å². The number of benzene rings is 1. The molecule has 0 saturated carbocycles. The Hall–Kier alpha value is -0.220. The van der Waals surface area contributed by atoms with Crippen LogP contribution in [0.1, 0.15) is 20.3 Å². The summed E-state index contributed by atoms with van der Waals surface area (Å²) in [7, 11) is 0. The molecule has 0 fully saturated rings. The molecule has 3 N–H and O–H groups in total. The summed E-state index contributed by atoms with van der Waals surface area (Å²) in [5.41, 5.74) is 4.69. The molecule has 1 aromatic carbocycles. The Morgan fingerprint density at radius 2 is 2.12 bits per heavy atom. The molecule has 0 heterocycles. The summed E-state index contributed by atoms with van der Waals surface area (Å²) in [5.74, 6) is 0. The average molecular weight is 260 g/mol. The van der Waals surface area contributed by atoms with Crippen LogP contribution in [0.5, 0.6) is 0 Å². The first kappa shape index (κ1) is 13.8. The lowest BCUT2D eigenvalue weighted by Crippen LogP contribution is -2.36. The van der Waals surface area contributed by atoms with Crippen molar-refractivity contribution in [1.29, 1.82) is 0 Å². The largest absolute Gasteiger partial charge is 0.389 e. The van der Waals surface area contributed by atoms with E-state index in [0.29, 0.717) is 6.42 Å². The van der Waals surface area contributed by atoms with E-state index in [2.05, 4.69) is 6.92 Å². The number of aliphatic hydroxyl groups is 1. The van der Waals surface area contributed by atoms with E-state index < -0.39 is 5.60 Å². The Morgan fingerprint density at radius 1 is 1.50 bits per heavy atom. The van der Waals surface area contributed by atoms with Crippen molar-refractivity contribution in [2.75, 3.05) is 6.54 Å². The summed E-state index contributed by atoms with van der Waals surface area (Å²) < 4.78 is 0. The molecule has 0 aromatic heterocycles. The Labute approximate surface area is 106 Å². The first-order valence-corrected chi connectivity index (χ1v) is 6.54. The van der Waals surface area contributed by atoms with Crippen molar-refractivity contribution in [2.24, 2.45) is 5.73 Å². The molecule has 1 aromatic rings. The predicted octanol–water partition coefficient (Wildman–Crippen LogP) is 2.92. The van der Waals surface area contributed by atoms with Crippen LogP contribution < -0.4 is 5.73 Å². The predicted molar refractivity (Wildman–Crippen MR) is 71.1 cm³/mol. The summed E-state index contributed by atoms with van der Waals surface area (Å²) in [4.78, 5) is 1.05. The third-order valence-electron chi connectivity index (χ3n) is 2.33. The Bertz CT molecular complexity index is 344. The number of thioether (sulfide) groups is 1. The van der Waals surface area contributed by atoms with Crippen LogP contribution in [0, 0.1) is 0 Å². The van der Waals surface area contributed by atoms with Gasteiger partial charge in [0.15, 0.2) is 0 Å². The van der Waals surface area contributed by atoms with Crippen molar-refractivity contribution < 1.29 is 5.11 Å². The molecule has 0 radical (unpaired) electrons. The van der Waals surface area contributed by atoms with Gasteiger partial charge < -0.3 is 10.8 Å². The lowest BCUT2D eigenvalue weighted by atomic mass is 10.0. The van der Waals surface area contributed by atoms with Gasteiger partial charge in [0.2, 0.25) is 0 Å². The third kappa shape index (κ3) is 4.34. The van der Waals surface area contributed by atoms with Crippen molar-refractivity contribution >= 4 is 23.4 Å². The van der Waals surface area contributed by atoms with Crippen LogP contribution in [-0.4, -0.2) is 22.5 Å². The van der Waals surface area contributed by atoms with Gasteiger partial charge in [-0.3, -0.25) is 0 Å². The van der Waals surface area contributed by atoms with E-state index in [0.717, 1.165) is 9.92 Å². The van der Waals surface area contributed by atoms with E-state index in [1.165, 1.54) is 0 Å². The molecule has 2 atom stereocenters. The smallest absolute Gasteiger partial charge is 0.0752 e. The molecule has 2 unspecified atom stereocenters. The maximum absolute atomic E-state index is 9.87. The minimum absolute atomic E-state index is 0.276. The fourth-order valence-corrected chi connectivity index (χ4v) is 2.98. The van der Waals surface area contributed by atoms with Crippen LogP contribution in [0.4, 0.5) is 0 Å². The molecule has 4 heteroatoms. The molecule has 0 aliphatic rings. The maximum atomic E-state index is 9.87. The summed E-state index contributed by atoms with van der Waals surface area (Å²) in [5, 5.41) is 10.9. The summed E-state index contributed by atoms with van der Waals surface area (Å²) in [6, 6.07) is 7.73. The fraction of sp³-hybridized carbons (Fsp3) is 0.500. The molecule has 2 nitrogen and oxygen atoms in total. The van der Waals surface area contributed by atoms with E-state index in [4.69, 9.17) is 17.3 Å². The fourth-order valence-electron chi connectivity index (χ4n) is 1.50. The van der Waals surface area contributed by atoms with Gasteiger partial charge in [0.05, 0.1) is 10.6 Å². The number of halogens is 1. The van der Waals surface area contributed by atoms with Crippen molar-refractivity contribution in [3.63, 3.8) is 0 Å². The van der Waals surface area contributed by atoms with Crippen molar-refractivity contribution in [3.8, 4) is 0 Å². The highest BCUT2D eigenvalue weighted by Gasteiger charge is 2.22. The molecule has 0 saturated heterocycles. The van der Waals surface area contributed by atoms with Gasteiger partial charge in [0.1, 0.15) is 0 Å². The molecule has 90 valence electrons. The van der Waals surface area contributed by atoms with Crippen LogP contribution in [0.25, 0.3) is 0 Å². The Balaban J connectivity index is 2.58. The lowest BCUT2D eigenvalue weighted by Gasteiger charge is -2.24. The highest BCUT2D eigenvalue weighted by Crippen LogP contribution is 2.32. The zero-order valence-corrected chi connectivity index (χ0v) is 11.2. The van der Waals surface area contributed by atoms with Crippen LogP contribution in [0.15, 0.2) is 29.2 Å². The molecule has 1 rings (SSSR count). The molecule has 0 amide bonds. The van der Waals surface area contributed by atoms with E-state index in [1.807, 2.05) is 24.3 Å². The number of rotatable bonds is 5. The molecule has 16 heavy (non-hydrogen) atoms. The molecule has 0 aliphatic heterocycles. The topological polar surface area (TPSA) is 46.2 Å². The van der Waals surface area contributed by atoms with Crippen molar-refractivity contribution in [3.05, 3.63) is 29.3 Å². The Morgan fingerprint density at radius 3 is 2.69 bits per heavy atom. The SMILES string of the molecule is CC(CC(C)(O)CN)Sc1ccccc1Cl. The first-order chi connectivity index (χ1) is 7.44. The van der Waals surface area contributed by atoms with Gasteiger partial charge in [-0.2, -0.15) is 0 Å². The van der Waals surface area contributed by atoms with Crippen molar-refractivity contribution in [1.82, 2.24) is 0 Å². The first-order valence-electron chi connectivity index (χ1n) is 5.28. The minimum Gasteiger partial charge on any atom is -0.389 e. The van der Waals surface area contributed by atoms with Gasteiger partial charge in [-0.1, -0.05) is 30.7 Å². The van der Waals surface area contributed by atoms with Crippen LogP contribution in [-0.2, 0) is 0 Å². The van der Waals surface area contributed by atoms with Gasteiger partial charge in [-0.25, -0.2) is 0 Å². The number of nitrogens with two attached hydrogens (primary N) is 1. The summed E-state index contributed by atoms with van der Waals surface area (Å²) in [6.07, 6.45) is 0.652. The lowest BCUT2D eigenvalue weighted by molar-refractivity contribution is 0.0608. The van der Waals surface area contributed by atoms with E-state index in [-0.39, 0.29) is 11.8 Å². The zero-order valence-electron chi connectivity index (χ0n) is 9.61. The minimum atomic E-state index is -0.798. The third-order valence-corrected chi connectivity index (χ3v) is 3.95. The average Bonchev–Trinajstić information content (AvgIpc) is 2.21. The number of hydrogen-bond acceptors (Lipinski definition) is 3. The highest BCUT2D eigenvalue weighted by atomic mass is 35.5. The van der Waals surface area contributed by atoms with E-state index in [1.54, 1.807) is 18.7 Å². The monoisotopic (exact) mass is 259 g/mol. The van der Waals surface area contributed by atoms with Crippen molar-refractivity contribution in [2.45, 2.75) is 36.0 Å². The quantitative estimate of drug-likeness (QED) is 0.800. The van der Waals surface area contributed by atoms with Crippen LogP contribution >= 0.6 is 23.4 Å². The normalized spacial score (nSPS) is 16.8. The van der Waals surface area contributed by atoms with Gasteiger partial charge >= 0.3 is 0 Å². The van der Waals surface area contributed by atoms with Gasteiger partial charge in [0.25, 0.3) is 0 Å². The van der Waals surface area contributed by atoms with Crippen LogP contribution in [0.2, 0.25) is 5.02 Å². The molecular weight excluding hydrogens is 242 g/mol. The van der Waals surface area contributed by atoms with E-state index >= 15 is 0 Å². The molecule has 0 bridgehead atoms. The van der Waals surface area contributed by atoms with Gasteiger partial charge in [-0.05, 0) is 25.5 Å². The summed E-state index contributed by atoms with van der Waals surface area (Å²) in [6.45, 7) is 4.11. The second-order valence-electron chi connectivity index (χ2n) is 4.26. The maximum Gasteiger partial charge on any atom is 0.0752 e. The molecule has 0 aliphatic carbocycles. The molecular formula is C12H18ClNOS. The Kier molecular flexibility index (Phi) is 5.12. The summed E-state index contributed by atoms with van der Waals surface area (Å²) >= 11 is 7.73. The van der Waals surface area contributed by atoms with Gasteiger partial charge in [-0.15, -0.1) is 11.8 Å². The number of hydrogen-bond donors (Lipinski definition) is 2.